The van der Waals surface area contributed by atoms with E-state index in [1.165, 1.54) is 5.69 Å². The summed E-state index contributed by atoms with van der Waals surface area (Å²) in [5, 5.41) is 4.63. The first-order valence-electron chi connectivity index (χ1n) is 5.98. The van der Waals surface area contributed by atoms with E-state index in [1.54, 1.807) is 17.4 Å². The molecule has 1 atom stereocenters. The van der Waals surface area contributed by atoms with Crippen LogP contribution in [0.4, 0.5) is 0 Å². The minimum Gasteiger partial charge on any atom is -0.246 e. The minimum atomic E-state index is 0.524. The van der Waals surface area contributed by atoms with E-state index in [0.717, 1.165) is 23.4 Å². The average molecular weight is 300 g/mol. The van der Waals surface area contributed by atoms with E-state index in [9.17, 15) is 0 Å². The summed E-state index contributed by atoms with van der Waals surface area (Å²) in [6, 6.07) is 5.61. The minimum absolute atomic E-state index is 0.524. The highest BCUT2D eigenvalue weighted by atomic mass is 35.5. The standard InChI is InChI=1S/C14H15Cl2NS/c1-3-9(2)13-8-18-14(17-13)6-10-4-5-11(15)7-12(10)16/h4-5,7-9H,3,6H2,1-2H3. The number of aromatic nitrogens is 1. The zero-order valence-corrected chi connectivity index (χ0v) is 12.7. The van der Waals surface area contributed by atoms with E-state index in [2.05, 4.69) is 24.2 Å². The van der Waals surface area contributed by atoms with Crippen molar-refractivity contribution in [3.8, 4) is 0 Å². The lowest BCUT2D eigenvalue weighted by molar-refractivity contribution is 0.710. The molecule has 1 nitrogen and oxygen atoms in total. The summed E-state index contributed by atoms with van der Waals surface area (Å²) in [5.74, 6) is 0.524. The van der Waals surface area contributed by atoms with Crippen LogP contribution in [0.2, 0.25) is 10.0 Å². The molecule has 1 aromatic carbocycles. The maximum atomic E-state index is 6.17. The Labute approximate surface area is 122 Å². The molecule has 0 aliphatic carbocycles. The average Bonchev–Trinajstić information content (AvgIpc) is 2.80. The second-order valence-corrected chi connectivity index (χ2v) is 6.17. The fourth-order valence-corrected chi connectivity index (χ4v) is 3.08. The van der Waals surface area contributed by atoms with Gasteiger partial charge in [0.25, 0.3) is 0 Å². The number of hydrogen-bond acceptors (Lipinski definition) is 2. The smallest absolute Gasteiger partial charge is 0.0972 e. The van der Waals surface area contributed by atoms with Gasteiger partial charge in [0.15, 0.2) is 0 Å². The maximum absolute atomic E-state index is 6.17. The molecule has 2 aromatic rings. The lowest BCUT2D eigenvalue weighted by Gasteiger charge is -2.04. The van der Waals surface area contributed by atoms with Crippen molar-refractivity contribution in [1.82, 2.24) is 4.98 Å². The molecular weight excluding hydrogens is 285 g/mol. The van der Waals surface area contributed by atoms with Crippen molar-refractivity contribution in [3.05, 3.63) is 49.9 Å². The van der Waals surface area contributed by atoms with Crippen molar-refractivity contribution in [1.29, 1.82) is 0 Å². The molecule has 1 aromatic heterocycles. The van der Waals surface area contributed by atoms with Gasteiger partial charge in [0.2, 0.25) is 0 Å². The molecule has 1 unspecified atom stereocenters. The maximum Gasteiger partial charge on any atom is 0.0972 e. The molecule has 2 rings (SSSR count). The van der Waals surface area contributed by atoms with Gasteiger partial charge in [0.05, 0.1) is 10.7 Å². The Morgan fingerprint density at radius 1 is 1.33 bits per heavy atom. The van der Waals surface area contributed by atoms with Gasteiger partial charge in [0, 0.05) is 21.8 Å². The van der Waals surface area contributed by atoms with E-state index < -0.39 is 0 Å². The Balaban J connectivity index is 2.16. The van der Waals surface area contributed by atoms with Gasteiger partial charge < -0.3 is 0 Å². The monoisotopic (exact) mass is 299 g/mol. The normalized spacial score (nSPS) is 12.7. The Morgan fingerprint density at radius 3 is 2.78 bits per heavy atom. The Hall–Kier alpha value is -0.570. The molecule has 0 bridgehead atoms. The molecular formula is C14H15Cl2NS. The lowest BCUT2D eigenvalue weighted by atomic mass is 10.1. The summed E-state index contributed by atoms with van der Waals surface area (Å²) < 4.78 is 0. The van der Waals surface area contributed by atoms with Gasteiger partial charge in [-0.05, 0) is 30.0 Å². The number of hydrogen-bond donors (Lipinski definition) is 0. The highest BCUT2D eigenvalue weighted by Crippen LogP contribution is 2.26. The molecule has 0 aliphatic heterocycles. The van der Waals surface area contributed by atoms with Crippen molar-refractivity contribution in [2.45, 2.75) is 32.6 Å². The third kappa shape index (κ3) is 3.25. The topological polar surface area (TPSA) is 12.9 Å². The Morgan fingerprint density at radius 2 is 2.11 bits per heavy atom. The summed E-state index contributed by atoms with van der Waals surface area (Å²) >= 11 is 13.8. The number of thiazole rings is 1. The van der Waals surface area contributed by atoms with Gasteiger partial charge in [-0.15, -0.1) is 11.3 Å². The third-order valence-electron chi connectivity index (χ3n) is 3.04. The third-order valence-corrected chi connectivity index (χ3v) is 4.50. The fraction of sp³-hybridized carbons (Fsp3) is 0.357. The van der Waals surface area contributed by atoms with E-state index in [4.69, 9.17) is 23.2 Å². The van der Waals surface area contributed by atoms with E-state index in [-0.39, 0.29) is 0 Å². The van der Waals surface area contributed by atoms with Crippen LogP contribution >= 0.6 is 34.5 Å². The SMILES string of the molecule is CCC(C)c1csc(Cc2ccc(Cl)cc2Cl)n1. The molecule has 0 aliphatic rings. The van der Waals surface area contributed by atoms with Crippen LogP contribution in [0.25, 0.3) is 0 Å². The predicted octanol–water partition coefficient (Wildman–Crippen LogP) is 5.55. The number of rotatable bonds is 4. The van der Waals surface area contributed by atoms with Crippen LogP contribution in [-0.2, 0) is 6.42 Å². The highest BCUT2D eigenvalue weighted by molar-refractivity contribution is 7.09. The van der Waals surface area contributed by atoms with E-state index in [1.807, 2.05) is 12.1 Å². The van der Waals surface area contributed by atoms with Gasteiger partial charge in [0.1, 0.15) is 0 Å². The quantitative estimate of drug-likeness (QED) is 0.721. The second kappa shape index (κ2) is 6.05. The van der Waals surface area contributed by atoms with Crippen LogP contribution in [0, 0.1) is 0 Å². The number of nitrogens with zero attached hydrogens (tertiary/aromatic N) is 1. The lowest BCUT2D eigenvalue weighted by Crippen LogP contribution is -1.93. The van der Waals surface area contributed by atoms with Gasteiger partial charge in [-0.25, -0.2) is 4.98 Å². The molecule has 1 heterocycles. The van der Waals surface area contributed by atoms with E-state index in [0.29, 0.717) is 16.0 Å². The zero-order valence-electron chi connectivity index (χ0n) is 10.4. The van der Waals surface area contributed by atoms with Crippen molar-refractivity contribution in [2.24, 2.45) is 0 Å². The van der Waals surface area contributed by atoms with E-state index >= 15 is 0 Å². The molecule has 0 radical (unpaired) electrons. The molecule has 96 valence electrons. The van der Waals surface area contributed by atoms with Crippen LogP contribution in [-0.4, -0.2) is 4.98 Å². The Bertz CT molecular complexity index is 536. The van der Waals surface area contributed by atoms with Gasteiger partial charge in [-0.1, -0.05) is 43.1 Å². The molecule has 0 amide bonds. The molecule has 0 N–H and O–H groups in total. The van der Waals surface area contributed by atoms with Gasteiger partial charge >= 0.3 is 0 Å². The number of halogens is 2. The van der Waals surface area contributed by atoms with Crippen LogP contribution in [0.5, 0.6) is 0 Å². The summed E-state index contributed by atoms with van der Waals surface area (Å²) in [7, 11) is 0. The van der Waals surface area contributed by atoms with Crippen LogP contribution in [0.3, 0.4) is 0 Å². The predicted molar refractivity (Wildman–Crippen MR) is 80.1 cm³/mol. The van der Waals surface area contributed by atoms with Crippen LogP contribution in [0.1, 0.15) is 42.5 Å². The summed E-state index contributed by atoms with van der Waals surface area (Å²) in [4.78, 5) is 4.67. The summed E-state index contributed by atoms with van der Waals surface area (Å²) in [5.41, 5.74) is 2.26. The van der Waals surface area contributed by atoms with Crippen molar-refractivity contribution in [3.63, 3.8) is 0 Å². The molecule has 0 saturated heterocycles. The first kappa shape index (κ1) is 13.9. The van der Waals surface area contributed by atoms with Crippen molar-refractivity contribution < 1.29 is 0 Å². The summed E-state index contributed by atoms with van der Waals surface area (Å²) in [6.07, 6.45) is 1.89. The van der Waals surface area contributed by atoms with Crippen molar-refractivity contribution >= 4 is 34.5 Å². The number of benzene rings is 1. The van der Waals surface area contributed by atoms with Crippen molar-refractivity contribution in [2.75, 3.05) is 0 Å². The first-order chi connectivity index (χ1) is 8.60. The largest absolute Gasteiger partial charge is 0.246 e. The first-order valence-corrected chi connectivity index (χ1v) is 7.62. The van der Waals surface area contributed by atoms with Gasteiger partial charge in [-0.3, -0.25) is 0 Å². The molecule has 0 spiro atoms. The fourth-order valence-electron chi connectivity index (χ4n) is 1.67. The second-order valence-electron chi connectivity index (χ2n) is 4.39. The zero-order chi connectivity index (χ0) is 13.1. The molecule has 0 saturated carbocycles. The molecule has 0 fully saturated rings. The van der Waals surface area contributed by atoms with Crippen LogP contribution < -0.4 is 0 Å². The molecule has 18 heavy (non-hydrogen) atoms. The summed E-state index contributed by atoms with van der Waals surface area (Å²) in [6.45, 7) is 4.38. The van der Waals surface area contributed by atoms with Crippen LogP contribution in [0.15, 0.2) is 23.6 Å². The molecule has 4 heteroatoms. The Kier molecular flexibility index (Phi) is 4.66. The van der Waals surface area contributed by atoms with Gasteiger partial charge in [-0.2, -0.15) is 0 Å². The highest BCUT2D eigenvalue weighted by Gasteiger charge is 2.10.